The van der Waals surface area contributed by atoms with E-state index in [1.54, 1.807) is 48.5 Å². The predicted octanol–water partition coefficient (Wildman–Crippen LogP) is 8.81. The zero-order valence-electron chi connectivity index (χ0n) is 75.5. The van der Waals surface area contributed by atoms with Gasteiger partial charge in [0.25, 0.3) is 23.6 Å². The second kappa shape index (κ2) is 64.0. The van der Waals surface area contributed by atoms with Crippen LogP contribution in [0.3, 0.4) is 0 Å². The van der Waals surface area contributed by atoms with Crippen molar-refractivity contribution in [2.45, 2.75) is 63.5 Å². The molecule has 780 valence electrons. The van der Waals surface area contributed by atoms with Gasteiger partial charge in [0, 0.05) is 65.2 Å². The van der Waals surface area contributed by atoms with Crippen molar-refractivity contribution in [2.24, 2.45) is 0 Å². The molecular formula is C88H98F16N4O33. The summed E-state index contributed by atoms with van der Waals surface area (Å²) in [5, 5.41) is 40.5. The number of aromatic hydroxyl groups is 1. The standard InChI is InChI=1S/C34H42F4N2O12.C32H46N2O16.2C8H4F4O2.C6H2F4O/c1-45-20-34(21-46-2,22-51-11-8-28(42)52-31-29(37)25(35)19-26(36)30(31)38)39-27(41)7-10-47-13-15-49-17-18-50-16-14-48-12-9-40-32(43)23-5-3-4-6-24(23)33(40)44;35-26(33-32(21-48-11-6-27(36)37,22-49-12-7-28(38)39)23-50-13-8-29(40)41)5-10-44-15-17-46-19-20-47-18-16-45-14-9-34-30(42)24-3-1-2-4-25(24)31(34)43;2*1-3(13)14-8-6(11)4(9)2-5(10)7(8)12;7-2-1-3(8)5(10)6(11)4(2)9/h3-6,19H,7-18,20-22H2,1-2H3,(H,39,41);1-4H,5-23H2,(H,33,35)(H,36,37)(H,38,39)(H,40,41);2*2H,1H3;1,11H. The summed E-state index contributed by atoms with van der Waals surface area (Å²) >= 11 is 0. The molecule has 6 amide bonds. The Hall–Kier alpha value is -12.5. The molecule has 8 rings (SSSR count). The average Bonchev–Trinajstić information content (AvgIpc) is 1.64. The first-order valence-corrected chi connectivity index (χ1v) is 41.6. The van der Waals surface area contributed by atoms with Crippen molar-refractivity contribution in [1.29, 1.82) is 0 Å². The third-order valence-electron chi connectivity index (χ3n) is 17.9. The quantitative estimate of drug-likeness (QED) is 0.00518. The number of hydrogen-bond acceptors (Lipinski definition) is 30. The molecule has 2 aliphatic rings. The Morgan fingerprint density at radius 2 is 0.518 bits per heavy atom. The molecule has 0 saturated carbocycles. The Labute approximate surface area is 791 Å². The van der Waals surface area contributed by atoms with Gasteiger partial charge in [-0.1, -0.05) is 24.3 Å². The molecule has 0 saturated heterocycles. The Morgan fingerprint density at radius 3 is 0.766 bits per heavy atom. The molecule has 0 atom stereocenters. The number of carbonyl (C=O) groups is 12. The van der Waals surface area contributed by atoms with Crippen LogP contribution >= 0.6 is 0 Å². The number of halogens is 16. The van der Waals surface area contributed by atoms with E-state index in [9.17, 15) is 128 Å². The number of carbonyl (C=O) groups excluding carboxylic acids is 9. The number of carboxylic acid groups (broad SMARTS) is 3. The molecule has 6 aromatic carbocycles. The van der Waals surface area contributed by atoms with E-state index in [0.717, 1.165) is 23.6 Å². The van der Waals surface area contributed by atoms with Crippen molar-refractivity contribution in [3.63, 3.8) is 0 Å². The summed E-state index contributed by atoms with van der Waals surface area (Å²) in [4.78, 5) is 142. The predicted molar refractivity (Wildman–Crippen MR) is 445 cm³/mol. The highest BCUT2D eigenvalue weighted by Crippen LogP contribution is 2.32. The van der Waals surface area contributed by atoms with E-state index in [1.807, 2.05) is 0 Å². The number of aliphatic carboxylic acids is 3. The molecule has 141 heavy (non-hydrogen) atoms. The van der Waals surface area contributed by atoms with Crippen LogP contribution in [0.25, 0.3) is 0 Å². The van der Waals surface area contributed by atoms with E-state index in [4.69, 9.17) is 86.7 Å². The number of hydrogen-bond donors (Lipinski definition) is 6. The number of fused-ring (bicyclic) bond motifs is 2. The van der Waals surface area contributed by atoms with Gasteiger partial charge >= 0.3 is 35.8 Å². The highest BCUT2D eigenvalue weighted by Gasteiger charge is 2.39. The number of esters is 3. The van der Waals surface area contributed by atoms with Crippen LogP contribution < -0.4 is 24.8 Å². The van der Waals surface area contributed by atoms with Crippen LogP contribution in [-0.4, -0.2) is 312 Å². The van der Waals surface area contributed by atoms with Crippen molar-refractivity contribution >= 4 is 71.3 Å². The van der Waals surface area contributed by atoms with Gasteiger partial charge in [-0.2, -0.15) is 35.1 Å². The average molecular weight is 2040 g/mol. The zero-order chi connectivity index (χ0) is 105. The third-order valence-corrected chi connectivity index (χ3v) is 17.9. The van der Waals surface area contributed by atoms with Gasteiger partial charge in [0.1, 0.15) is 11.1 Å². The fourth-order valence-corrected chi connectivity index (χ4v) is 11.4. The van der Waals surface area contributed by atoms with Gasteiger partial charge in [-0.05, 0) is 24.3 Å². The monoisotopic (exact) mass is 2040 g/mol. The fraction of sp³-hybridized carbons (Fsp3) is 0.455. The number of benzene rings is 6. The number of nitrogens with one attached hydrogen (secondary N) is 2. The summed E-state index contributed by atoms with van der Waals surface area (Å²) in [6, 6.07) is 13.4. The molecule has 0 radical (unpaired) electrons. The van der Waals surface area contributed by atoms with Gasteiger partial charge in [0.05, 0.1) is 233 Å². The van der Waals surface area contributed by atoms with Gasteiger partial charge in [-0.3, -0.25) is 67.3 Å². The van der Waals surface area contributed by atoms with E-state index in [-0.39, 0.29) is 232 Å². The van der Waals surface area contributed by atoms with E-state index < -0.39 is 181 Å². The summed E-state index contributed by atoms with van der Waals surface area (Å²) in [6.45, 7) is 3.74. The molecule has 53 heteroatoms. The largest absolute Gasteiger partial charge is 0.503 e. The number of carboxylic acids is 3. The summed E-state index contributed by atoms with van der Waals surface area (Å²) < 4.78 is 292. The van der Waals surface area contributed by atoms with Gasteiger partial charge in [-0.15, -0.1) is 0 Å². The fourth-order valence-electron chi connectivity index (χ4n) is 11.4. The molecule has 0 bridgehead atoms. The number of ether oxygens (including phenoxy) is 17. The normalized spacial score (nSPS) is 12.0. The van der Waals surface area contributed by atoms with Crippen molar-refractivity contribution in [3.8, 4) is 23.0 Å². The highest BCUT2D eigenvalue weighted by molar-refractivity contribution is 6.22. The van der Waals surface area contributed by atoms with Crippen molar-refractivity contribution in [3.05, 3.63) is 188 Å². The van der Waals surface area contributed by atoms with Gasteiger partial charge in [0.15, 0.2) is 52.3 Å². The van der Waals surface area contributed by atoms with Crippen molar-refractivity contribution < 1.29 is 229 Å². The van der Waals surface area contributed by atoms with Crippen LogP contribution in [0.2, 0.25) is 0 Å². The minimum absolute atomic E-state index is 0.0131. The Balaban J connectivity index is 0.000000424. The van der Waals surface area contributed by atoms with E-state index in [1.165, 1.54) is 14.2 Å². The van der Waals surface area contributed by atoms with Gasteiger partial charge in [-0.25, -0.2) is 35.1 Å². The first kappa shape index (κ1) is 121. The minimum atomic E-state index is -1.85. The van der Waals surface area contributed by atoms with Crippen LogP contribution in [0.5, 0.6) is 23.0 Å². The van der Waals surface area contributed by atoms with Crippen molar-refractivity contribution in [1.82, 2.24) is 20.4 Å². The topological polar surface area (TPSA) is 473 Å². The van der Waals surface area contributed by atoms with Crippen molar-refractivity contribution in [2.75, 3.05) is 199 Å². The smallest absolute Gasteiger partial charge is 0.313 e. The lowest BCUT2D eigenvalue weighted by Crippen LogP contribution is -2.59. The molecule has 37 nitrogen and oxygen atoms in total. The minimum Gasteiger partial charge on any atom is -0.503 e. The Morgan fingerprint density at radius 1 is 0.298 bits per heavy atom. The number of nitrogens with zero attached hydrogens (tertiary/aromatic N) is 2. The number of amides is 6. The lowest BCUT2D eigenvalue weighted by molar-refractivity contribution is -0.140. The molecule has 2 heterocycles. The molecule has 6 aromatic rings. The summed E-state index contributed by atoms with van der Waals surface area (Å²) in [5.41, 5.74) is -0.969. The molecule has 0 spiro atoms. The maximum absolute atomic E-state index is 13.8. The Bertz CT molecular complexity index is 4840. The van der Waals surface area contributed by atoms with E-state index in [2.05, 4.69) is 24.8 Å². The van der Waals surface area contributed by atoms with Gasteiger partial charge in [0.2, 0.25) is 75.6 Å². The Kier molecular flexibility index (Phi) is 54.8. The molecule has 0 unspecified atom stereocenters. The first-order valence-electron chi connectivity index (χ1n) is 41.6. The third kappa shape index (κ3) is 42.4. The lowest BCUT2D eigenvalue weighted by atomic mass is 10.0. The summed E-state index contributed by atoms with van der Waals surface area (Å²) in [5.74, 6) is -42.2. The number of phenolic OH excluding ortho intramolecular Hbond substituents is 1. The molecule has 6 N–H and O–H groups in total. The summed E-state index contributed by atoms with van der Waals surface area (Å²) in [7, 11) is 2.78. The van der Waals surface area contributed by atoms with Crippen LogP contribution in [-0.2, 0) is 105 Å². The zero-order valence-corrected chi connectivity index (χ0v) is 75.5. The molecular weight excluding hydrogens is 1940 g/mol. The summed E-state index contributed by atoms with van der Waals surface area (Å²) in [6.07, 6.45) is -1.56. The van der Waals surface area contributed by atoms with Gasteiger partial charge < -0.3 is 112 Å². The first-order chi connectivity index (χ1) is 67.0. The number of imide groups is 2. The second-order valence-corrected chi connectivity index (χ2v) is 28.8. The second-order valence-electron chi connectivity index (χ2n) is 28.8. The van der Waals surface area contributed by atoms with Crippen LogP contribution in [0, 0.1) is 93.1 Å². The van der Waals surface area contributed by atoms with E-state index >= 15 is 0 Å². The molecule has 0 aromatic heterocycles. The maximum atomic E-state index is 13.8. The molecule has 0 fully saturated rings. The molecule has 0 aliphatic carbocycles. The highest BCUT2D eigenvalue weighted by atomic mass is 19.2. The lowest BCUT2D eigenvalue weighted by Gasteiger charge is -2.34. The van der Waals surface area contributed by atoms with Crippen LogP contribution in [0.4, 0.5) is 70.2 Å². The number of phenols is 1. The maximum Gasteiger partial charge on any atom is 0.313 e. The SMILES string of the molecule is CC(=O)Oc1c(F)c(F)cc(F)c1F.CC(=O)Oc1c(F)c(F)cc(F)c1F.COCC(COC)(COCCC(=O)Oc1c(F)c(F)cc(F)c1F)NC(=O)CCOCCOCCOCCOCCN1C(=O)c2ccccc2C1=O.O=C(O)CCOCC(COCCC(=O)O)(COCCC(=O)O)NC(=O)CCOCCOCCOCCOCCN1C(=O)c2ccccc2C1=O.Oc1c(F)c(F)cc(F)c1F. The number of rotatable bonds is 59. The van der Waals surface area contributed by atoms with Crippen LogP contribution in [0.15, 0.2) is 72.8 Å². The number of methoxy groups -OCH3 is 2. The van der Waals surface area contributed by atoms with Crippen LogP contribution in [0.1, 0.15) is 93.8 Å². The van der Waals surface area contributed by atoms with E-state index in [0.29, 0.717) is 55.3 Å². The molecule has 2 aliphatic heterocycles.